The molecular weight excluding hydrogens is 372 g/mol. The Hall–Kier alpha value is -3.20. The predicted molar refractivity (Wildman–Crippen MR) is 86.3 cm³/mol. The summed E-state index contributed by atoms with van der Waals surface area (Å²) in [6, 6.07) is 8.12. The molecule has 0 unspecified atom stereocenters. The first-order chi connectivity index (χ1) is 12.4. The average molecular weight is 382 g/mol. The van der Waals surface area contributed by atoms with Gasteiger partial charge >= 0.3 is 5.76 Å². The quantitative estimate of drug-likeness (QED) is 0.731. The van der Waals surface area contributed by atoms with Gasteiger partial charge in [0, 0.05) is 5.02 Å². The minimum absolute atomic E-state index is 0.167. The van der Waals surface area contributed by atoms with Crippen molar-refractivity contribution in [1.29, 1.82) is 0 Å². The van der Waals surface area contributed by atoms with Gasteiger partial charge in [0.2, 0.25) is 0 Å². The molecule has 0 aliphatic carbocycles. The third-order valence-corrected chi connectivity index (χ3v) is 3.53. The summed E-state index contributed by atoms with van der Waals surface area (Å²) in [6.45, 7) is -0.441. The molecule has 26 heavy (non-hydrogen) atoms. The summed E-state index contributed by atoms with van der Waals surface area (Å²) in [5, 5.41) is 4.30. The highest BCUT2D eigenvalue weighted by atomic mass is 35.5. The standard InChI is InChI=1S/C16H10ClF2N3O4/c17-8-2-1-3-9(6-8)22-16(24)26-12(21-22)7-25-11-5-4-10(18)13(14(11)19)15(20)23/h1-6H,7H2,(H2,20,23). The Morgan fingerprint density at radius 3 is 2.77 bits per heavy atom. The molecule has 2 N–H and O–H groups in total. The lowest BCUT2D eigenvalue weighted by Crippen LogP contribution is -2.16. The third-order valence-electron chi connectivity index (χ3n) is 3.30. The molecule has 0 aliphatic heterocycles. The van der Waals surface area contributed by atoms with Crippen molar-refractivity contribution in [3.63, 3.8) is 0 Å². The van der Waals surface area contributed by atoms with Crippen LogP contribution in [0.1, 0.15) is 16.2 Å². The van der Waals surface area contributed by atoms with E-state index in [2.05, 4.69) is 5.10 Å². The van der Waals surface area contributed by atoms with Crippen molar-refractivity contribution < 1.29 is 22.7 Å². The molecule has 10 heteroatoms. The summed E-state index contributed by atoms with van der Waals surface area (Å²) in [5.41, 5.74) is 4.37. The molecule has 0 atom stereocenters. The zero-order valence-electron chi connectivity index (χ0n) is 12.9. The Morgan fingerprint density at radius 2 is 2.08 bits per heavy atom. The number of hydrogen-bond donors (Lipinski definition) is 1. The minimum Gasteiger partial charge on any atom is -0.481 e. The van der Waals surface area contributed by atoms with E-state index in [0.717, 1.165) is 16.8 Å². The summed E-state index contributed by atoms with van der Waals surface area (Å²) in [7, 11) is 0. The Bertz CT molecular complexity index is 1050. The second-order valence-electron chi connectivity index (χ2n) is 5.04. The van der Waals surface area contributed by atoms with Gasteiger partial charge in [-0.3, -0.25) is 4.79 Å². The maximum atomic E-state index is 14.1. The fourth-order valence-electron chi connectivity index (χ4n) is 2.16. The molecule has 0 radical (unpaired) electrons. The molecular formula is C16H10ClF2N3O4. The number of benzene rings is 2. The Balaban J connectivity index is 1.84. The van der Waals surface area contributed by atoms with E-state index in [1.807, 2.05) is 0 Å². The van der Waals surface area contributed by atoms with Gasteiger partial charge in [-0.1, -0.05) is 17.7 Å². The molecule has 1 aromatic heterocycles. The van der Waals surface area contributed by atoms with E-state index < -0.39 is 41.2 Å². The molecule has 7 nitrogen and oxygen atoms in total. The second kappa shape index (κ2) is 6.96. The van der Waals surface area contributed by atoms with Crippen molar-refractivity contribution >= 4 is 17.5 Å². The number of nitrogens with two attached hydrogens (primary N) is 1. The van der Waals surface area contributed by atoms with Crippen LogP contribution >= 0.6 is 11.6 Å². The molecule has 0 saturated heterocycles. The molecule has 3 aromatic rings. The summed E-state index contributed by atoms with van der Waals surface area (Å²) in [6.07, 6.45) is 0. The normalized spacial score (nSPS) is 10.7. The number of aromatic nitrogens is 2. The zero-order valence-corrected chi connectivity index (χ0v) is 13.7. The van der Waals surface area contributed by atoms with Gasteiger partial charge < -0.3 is 14.9 Å². The van der Waals surface area contributed by atoms with Crippen LogP contribution in [0.15, 0.2) is 45.6 Å². The van der Waals surface area contributed by atoms with Crippen molar-refractivity contribution in [3.8, 4) is 11.4 Å². The first-order valence-corrected chi connectivity index (χ1v) is 7.50. The first kappa shape index (κ1) is 17.6. The summed E-state index contributed by atoms with van der Waals surface area (Å²) < 4.78 is 38.5. The second-order valence-corrected chi connectivity index (χ2v) is 5.48. The van der Waals surface area contributed by atoms with Crippen molar-refractivity contribution in [1.82, 2.24) is 9.78 Å². The van der Waals surface area contributed by atoms with Gasteiger partial charge in [-0.05, 0) is 30.3 Å². The van der Waals surface area contributed by atoms with Crippen LogP contribution in [0, 0.1) is 11.6 Å². The van der Waals surface area contributed by atoms with Gasteiger partial charge in [0.15, 0.2) is 18.2 Å². The molecule has 0 bridgehead atoms. The van der Waals surface area contributed by atoms with Crippen LogP contribution in [0.5, 0.6) is 5.75 Å². The van der Waals surface area contributed by atoms with E-state index in [1.54, 1.807) is 18.2 Å². The summed E-state index contributed by atoms with van der Waals surface area (Å²) >= 11 is 5.86. The van der Waals surface area contributed by atoms with E-state index in [1.165, 1.54) is 6.07 Å². The molecule has 2 aromatic carbocycles. The van der Waals surface area contributed by atoms with Crippen LogP contribution in [0.2, 0.25) is 5.02 Å². The molecule has 0 fully saturated rings. The van der Waals surface area contributed by atoms with Crippen LogP contribution < -0.4 is 16.2 Å². The molecule has 134 valence electrons. The fourth-order valence-corrected chi connectivity index (χ4v) is 2.34. The smallest absolute Gasteiger partial charge is 0.442 e. The number of hydrogen-bond acceptors (Lipinski definition) is 5. The van der Waals surface area contributed by atoms with Crippen molar-refractivity contribution in [3.05, 3.63) is 75.1 Å². The van der Waals surface area contributed by atoms with Crippen molar-refractivity contribution in [2.24, 2.45) is 5.73 Å². The molecule has 0 saturated carbocycles. The Morgan fingerprint density at radius 1 is 1.31 bits per heavy atom. The molecule has 1 amide bonds. The average Bonchev–Trinajstić information content (AvgIpc) is 2.95. The number of ether oxygens (including phenoxy) is 1. The van der Waals surface area contributed by atoms with E-state index in [0.29, 0.717) is 10.7 Å². The minimum atomic E-state index is -1.28. The van der Waals surface area contributed by atoms with Crippen LogP contribution in [-0.4, -0.2) is 15.7 Å². The largest absolute Gasteiger partial charge is 0.481 e. The highest BCUT2D eigenvalue weighted by Gasteiger charge is 2.20. The summed E-state index contributed by atoms with van der Waals surface area (Å²) in [4.78, 5) is 23.0. The maximum absolute atomic E-state index is 14.1. The third kappa shape index (κ3) is 3.42. The van der Waals surface area contributed by atoms with Crippen LogP contribution in [0.4, 0.5) is 8.78 Å². The van der Waals surface area contributed by atoms with E-state index in [4.69, 9.17) is 26.5 Å². The lowest BCUT2D eigenvalue weighted by molar-refractivity contribution is 0.0991. The van der Waals surface area contributed by atoms with Gasteiger partial charge in [-0.15, -0.1) is 5.10 Å². The first-order valence-electron chi connectivity index (χ1n) is 7.12. The summed E-state index contributed by atoms with van der Waals surface area (Å²) in [5.74, 6) is -5.06. The number of carbonyl (C=O) groups excluding carboxylic acids is 1. The Labute approximate surface area is 149 Å². The fraction of sp³-hybridized carbons (Fsp3) is 0.0625. The number of halogens is 3. The lowest BCUT2D eigenvalue weighted by Gasteiger charge is -2.07. The van der Waals surface area contributed by atoms with Gasteiger partial charge in [-0.25, -0.2) is 13.6 Å². The van der Waals surface area contributed by atoms with Gasteiger partial charge in [0.05, 0.1) is 5.69 Å². The number of primary amides is 1. The number of nitrogens with zero attached hydrogens (tertiary/aromatic N) is 2. The van der Waals surface area contributed by atoms with Crippen LogP contribution in [0.3, 0.4) is 0 Å². The van der Waals surface area contributed by atoms with Crippen molar-refractivity contribution in [2.45, 2.75) is 6.61 Å². The lowest BCUT2D eigenvalue weighted by atomic mass is 10.2. The molecule has 0 spiro atoms. The van der Waals surface area contributed by atoms with Gasteiger partial charge in [0.1, 0.15) is 11.4 Å². The maximum Gasteiger partial charge on any atom is 0.442 e. The highest BCUT2D eigenvalue weighted by molar-refractivity contribution is 6.30. The zero-order chi connectivity index (χ0) is 18.8. The van der Waals surface area contributed by atoms with Crippen molar-refractivity contribution in [2.75, 3.05) is 0 Å². The highest BCUT2D eigenvalue weighted by Crippen LogP contribution is 2.23. The number of amides is 1. The number of carbonyl (C=O) groups is 1. The van der Waals surface area contributed by atoms with E-state index in [-0.39, 0.29) is 5.89 Å². The molecule has 3 rings (SSSR count). The SMILES string of the molecule is NC(=O)c1c(F)ccc(OCc2nn(-c3cccc(Cl)c3)c(=O)o2)c1F. The van der Waals surface area contributed by atoms with Gasteiger partial charge in [0.25, 0.3) is 11.8 Å². The topological polar surface area (TPSA) is 100 Å². The Kier molecular flexibility index (Phi) is 4.72. The molecule has 1 heterocycles. The predicted octanol–water partition coefficient (Wildman–Crippen LogP) is 2.44. The molecule has 0 aliphatic rings. The van der Waals surface area contributed by atoms with E-state index >= 15 is 0 Å². The number of rotatable bonds is 5. The van der Waals surface area contributed by atoms with E-state index in [9.17, 15) is 18.4 Å². The monoisotopic (exact) mass is 381 g/mol. The van der Waals surface area contributed by atoms with Crippen LogP contribution in [0.25, 0.3) is 5.69 Å². The van der Waals surface area contributed by atoms with Gasteiger partial charge in [-0.2, -0.15) is 4.68 Å². The van der Waals surface area contributed by atoms with Crippen LogP contribution in [-0.2, 0) is 6.61 Å².